The lowest BCUT2D eigenvalue weighted by Crippen LogP contribution is -2.41. The fraction of sp³-hybridized carbons (Fsp3) is 0.600. The van der Waals surface area contributed by atoms with E-state index in [-0.39, 0.29) is 12.0 Å². The van der Waals surface area contributed by atoms with Gasteiger partial charge in [0.25, 0.3) is 5.91 Å². The Labute approximate surface area is 125 Å². The summed E-state index contributed by atoms with van der Waals surface area (Å²) in [5.74, 6) is 0.579. The zero-order chi connectivity index (χ0) is 15.1. The average Bonchev–Trinajstić information content (AvgIpc) is 2.55. The number of nitrogens with one attached hydrogen (secondary N) is 1. The van der Waals surface area contributed by atoms with Crippen molar-refractivity contribution < 1.29 is 14.3 Å². The van der Waals surface area contributed by atoms with E-state index in [9.17, 15) is 4.79 Å². The van der Waals surface area contributed by atoms with E-state index in [0.29, 0.717) is 37.7 Å². The monoisotopic (exact) mass is 293 g/mol. The molecular formula is C15H23N3O3. The highest BCUT2D eigenvalue weighted by atomic mass is 16.5. The molecule has 0 saturated carbocycles. The molecular weight excluding hydrogens is 270 g/mol. The highest BCUT2D eigenvalue weighted by Gasteiger charge is 2.16. The van der Waals surface area contributed by atoms with Crippen LogP contribution in [0.4, 0.5) is 0 Å². The predicted molar refractivity (Wildman–Crippen MR) is 79.6 cm³/mol. The second-order valence-corrected chi connectivity index (χ2v) is 4.86. The topological polar surface area (TPSA) is 63.7 Å². The Bertz CT molecular complexity index is 457. The number of nitrogens with zero attached hydrogens (tertiary/aromatic N) is 2. The van der Waals surface area contributed by atoms with Crippen molar-refractivity contribution in [2.45, 2.75) is 20.0 Å². The summed E-state index contributed by atoms with van der Waals surface area (Å²) in [6.07, 6.45) is 1.65. The molecule has 0 aromatic carbocycles. The first-order valence-corrected chi connectivity index (χ1v) is 7.45. The van der Waals surface area contributed by atoms with Gasteiger partial charge in [-0.25, -0.2) is 0 Å². The summed E-state index contributed by atoms with van der Waals surface area (Å²) in [6.45, 7) is 8.09. The van der Waals surface area contributed by atoms with Gasteiger partial charge in [0.15, 0.2) is 0 Å². The smallest absolute Gasteiger partial charge is 0.272 e. The van der Waals surface area contributed by atoms with E-state index >= 15 is 0 Å². The molecule has 21 heavy (non-hydrogen) atoms. The van der Waals surface area contributed by atoms with Crippen LogP contribution in [0.1, 0.15) is 24.3 Å². The summed E-state index contributed by atoms with van der Waals surface area (Å²) < 4.78 is 11.3. The summed E-state index contributed by atoms with van der Waals surface area (Å²) in [7, 11) is 0. The Balaban J connectivity index is 1.95. The number of hydrogen-bond acceptors (Lipinski definition) is 5. The van der Waals surface area contributed by atoms with Crippen molar-refractivity contribution in [1.29, 1.82) is 0 Å². The molecule has 0 radical (unpaired) electrons. The van der Waals surface area contributed by atoms with Crippen LogP contribution in [0.3, 0.4) is 0 Å². The zero-order valence-electron chi connectivity index (χ0n) is 12.7. The molecule has 1 atom stereocenters. The van der Waals surface area contributed by atoms with Crippen molar-refractivity contribution in [3.05, 3.63) is 24.0 Å². The first-order valence-electron chi connectivity index (χ1n) is 7.45. The predicted octanol–water partition coefficient (Wildman–Crippen LogP) is 0.931. The molecule has 1 fully saturated rings. The Morgan fingerprint density at radius 1 is 1.52 bits per heavy atom. The van der Waals surface area contributed by atoms with Gasteiger partial charge < -0.3 is 19.7 Å². The molecule has 0 spiro atoms. The average molecular weight is 293 g/mol. The number of amides is 1. The minimum absolute atomic E-state index is 0.0499. The lowest BCUT2D eigenvalue weighted by molar-refractivity contribution is 0.000162. The van der Waals surface area contributed by atoms with Crippen LogP contribution in [0.25, 0.3) is 0 Å². The Morgan fingerprint density at radius 2 is 2.33 bits per heavy atom. The highest BCUT2D eigenvalue weighted by Crippen LogP contribution is 2.13. The molecule has 2 rings (SSSR count). The number of carbonyl (C=O) groups is 1. The molecule has 1 aliphatic rings. The van der Waals surface area contributed by atoms with Crippen LogP contribution in [0.5, 0.6) is 5.75 Å². The van der Waals surface area contributed by atoms with Crippen LogP contribution >= 0.6 is 0 Å². The van der Waals surface area contributed by atoms with Gasteiger partial charge in [0.1, 0.15) is 24.2 Å². The van der Waals surface area contributed by atoms with Gasteiger partial charge in [0.2, 0.25) is 0 Å². The quantitative estimate of drug-likeness (QED) is 0.845. The number of ether oxygens (including phenoxy) is 2. The van der Waals surface area contributed by atoms with Crippen molar-refractivity contribution >= 4 is 5.91 Å². The minimum Gasteiger partial charge on any atom is -0.491 e. The van der Waals surface area contributed by atoms with Gasteiger partial charge in [0.05, 0.1) is 6.61 Å². The van der Waals surface area contributed by atoms with Crippen LogP contribution in [-0.2, 0) is 4.74 Å². The van der Waals surface area contributed by atoms with Gasteiger partial charge in [0, 0.05) is 38.4 Å². The maximum Gasteiger partial charge on any atom is 0.272 e. The molecule has 6 heteroatoms. The molecule has 1 amide bonds. The summed E-state index contributed by atoms with van der Waals surface area (Å²) in [6, 6.07) is 3.45. The Hall–Kier alpha value is -1.66. The van der Waals surface area contributed by atoms with Gasteiger partial charge in [-0.1, -0.05) is 0 Å². The van der Waals surface area contributed by atoms with E-state index in [0.717, 1.165) is 13.1 Å². The van der Waals surface area contributed by atoms with Crippen molar-refractivity contribution in [2.75, 3.05) is 39.4 Å². The molecule has 116 valence electrons. The third-order valence-corrected chi connectivity index (χ3v) is 3.44. The van der Waals surface area contributed by atoms with Crippen LogP contribution < -0.4 is 10.1 Å². The molecule has 6 nitrogen and oxygen atoms in total. The number of rotatable bonds is 6. The maximum atomic E-state index is 12.2. The van der Waals surface area contributed by atoms with E-state index < -0.39 is 0 Å². The SMILES string of the molecule is CCN(CC)C(=O)c1cc(OCC2CNCCO2)ccn1. The molecule has 1 saturated heterocycles. The molecule has 1 aromatic rings. The van der Waals surface area contributed by atoms with Crippen LogP contribution in [0, 0.1) is 0 Å². The molecule has 0 aliphatic carbocycles. The summed E-state index contributed by atoms with van der Waals surface area (Å²) >= 11 is 0. The number of morpholine rings is 1. The summed E-state index contributed by atoms with van der Waals surface area (Å²) in [5, 5.41) is 3.25. The molecule has 1 aromatic heterocycles. The Kier molecular flexibility index (Phi) is 5.95. The van der Waals surface area contributed by atoms with Crippen molar-refractivity contribution in [3.63, 3.8) is 0 Å². The maximum absolute atomic E-state index is 12.2. The lowest BCUT2D eigenvalue weighted by atomic mass is 10.3. The van der Waals surface area contributed by atoms with Gasteiger partial charge in [-0.15, -0.1) is 0 Å². The van der Waals surface area contributed by atoms with Crippen molar-refractivity contribution in [2.24, 2.45) is 0 Å². The lowest BCUT2D eigenvalue weighted by Gasteiger charge is -2.23. The van der Waals surface area contributed by atoms with E-state index in [4.69, 9.17) is 9.47 Å². The van der Waals surface area contributed by atoms with Crippen molar-refractivity contribution in [3.8, 4) is 5.75 Å². The van der Waals surface area contributed by atoms with Crippen molar-refractivity contribution in [1.82, 2.24) is 15.2 Å². The third kappa shape index (κ3) is 4.41. The van der Waals surface area contributed by atoms with Crippen LogP contribution in [-0.4, -0.2) is 61.3 Å². The largest absolute Gasteiger partial charge is 0.491 e. The van der Waals surface area contributed by atoms with Gasteiger partial charge in [-0.3, -0.25) is 9.78 Å². The van der Waals surface area contributed by atoms with Crippen LogP contribution in [0.15, 0.2) is 18.3 Å². The number of pyridine rings is 1. The first kappa shape index (κ1) is 15.7. The molecule has 1 unspecified atom stereocenters. The fourth-order valence-electron chi connectivity index (χ4n) is 2.21. The summed E-state index contributed by atoms with van der Waals surface area (Å²) in [5.41, 5.74) is 0.416. The zero-order valence-corrected chi connectivity index (χ0v) is 12.7. The van der Waals surface area contributed by atoms with Gasteiger partial charge in [-0.05, 0) is 19.9 Å². The molecule has 1 N–H and O–H groups in total. The third-order valence-electron chi connectivity index (χ3n) is 3.44. The van der Waals surface area contributed by atoms with Gasteiger partial charge >= 0.3 is 0 Å². The Morgan fingerprint density at radius 3 is 3.00 bits per heavy atom. The second kappa shape index (κ2) is 7.95. The van der Waals surface area contributed by atoms with Crippen LogP contribution in [0.2, 0.25) is 0 Å². The normalized spacial score (nSPS) is 18.3. The fourth-order valence-corrected chi connectivity index (χ4v) is 2.21. The van der Waals surface area contributed by atoms with E-state index in [1.165, 1.54) is 0 Å². The van der Waals surface area contributed by atoms with Gasteiger partial charge in [-0.2, -0.15) is 0 Å². The second-order valence-electron chi connectivity index (χ2n) is 4.86. The number of carbonyl (C=O) groups excluding carboxylic acids is 1. The standard InChI is InChI=1S/C15H23N3O3/c1-3-18(4-2)15(19)14-9-12(5-6-17-14)21-11-13-10-16-7-8-20-13/h5-6,9,13,16H,3-4,7-8,10-11H2,1-2H3. The molecule has 1 aliphatic heterocycles. The number of hydrogen-bond donors (Lipinski definition) is 1. The number of aromatic nitrogens is 1. The first-order chi connectivity index (χ1) is 10.2. The summed E-state index contributed by atoms with van der Waals surface area (Å²) in [4.78, 5) is 18.1. The minimum atomic E-state index is -0.0685. The molecule has 0 bridgehead atoms. The van der Waals surface area contributed by atoms with E-state index in [1.807, 2.05) is 13.8 Å². The van der Waals surface area contributed by atoms with E-state index in [2.05, 4.69) is 10.3 Å². The molecule has 2 heterocycles. The van der Waals surface area contributed by atoms with E-state index in [1.54, 1.807) is 23.2 Å². The highest BCUT2D eigenvalue weighted by molar-refractivity contribution is 5.92.